The molecule has 1 aliphatic carbocycles. The van der Waals surface area contributed by atoms with Crippen molar-refractivity contribution in [3.63, 3.8) is 0 Å². The van der Waals surface area contributed by atoms with Gasteiger partial charge in [0.05, 0.1) is 19.8 Å². The average molecular weight is 405 g/mol. The minimum atomic E-state index is -0.421. The van der Waals surface area contributed by atoms with E-state index in [1.165, 1.54) is 12.8 Å². The number of benzene rings is 1. The van der Waals surface area contributed by atoms with Crippen LogP contribution in [0.4, 0.5) is 0 Å². The van der Waals surface area contributed by atoms with E-state index < -0.39 is 6.29 Å². The first-order valence-corrected chi connectivity index (χ1v) is 9.96. The zero-order valence-electron chi connectivity index (χ0n) is 17.7. The van der Waals surface area contributed by atoms with E-state index in [0.717, 1.165) is 29.9 Å². The summed E-state index contributed by atoms with van der Waals surface area (Å²) >= 11 is 0. The summed E-state index contributed by atoms with van der Waals surface area (Å²) < 4.78 is 21.9. The third kappa shape index (κ3) is 7.11. The lowest BCUT2D eigenvalue weighted by molar-refractivity contribution is -0.0966. The van der Waals surface area contributed by atoms with Gasteiger partial charge in [-0.15, -0.1) is 4.99 Å². The van der Waals surface area contributed by atoms with Gasteiger partial charge in [-0.1, -0.05) is 13.0 Å². The number of hydrogen-bond acceptors (Lipinski definition) is 6. The Morgan fingerprint density at radius 3 is 2.45 bits per heavy atom. The van der Waals surface area contributed by atoms with Crippen molar-refractivity contribution in [1.29, 1.82) is 5.26 Å². The molecule has 8 heteroatoms. The largest absolute Gasteiger partial charge is 0.493 e. The Balaban J connectivity index is 1.98. The summed E-state index contributed by atoms with van der Waals surface area (Å²) in [4.78, 5) is 3.79. The molecule has 1 aliphatic rings. The van der Waals surface area contributed by atoms with E-state index in [-0.39, 0.29) is 12.0 Å². The molecule has 29 heavy (non-hydrogen) atoms. The molecule has 0 aliphatic heterocycles. The highest BCUT2D eigenvalue weighted by molar-refractivity contribution is 5.80. The maximum Gasteiger partial charge on any atom is 0.209 e. The fourth-order valence-electron chi connectivity index (χ4n) is 3.28. The van der Waals surface area contributed by atoms with Gasteiger partial charge in [-0.25, -0.2) is 0 Å². The van der Waals surface area contributed by atoms with Crippen LogP contribution in [0.25, 0.3) is 0 Å². The van der Waals surface area contributed by atoms with Gasteiger partial charge in [0.15, 0.2) is 17.8 Å². The van der Waals surface area contributed by atoms with Crippen LogP contribution in [0.15, 0.2) is 23.2 Å². The quantitative estimate of drug-likeness (QED) is 0.268. The lowest BCUT2D eigenvalue weighted by Gasteiger charge is -2.20. The van der Waals surface area contributed by atoms with Gasteiger partial charge in [0.2, 0.25) is 12.2 Å². The second kappa shape index (κ2) is 12.1. The highest BCUT2D eigenvalue weighted by atomic mass is 16.7. The number of rotatable bonds is 10. The summed E-state index contributed by atoms with van der Waals surface area (Å²) in [5.41, 5.74) is 1.12. The molecule has 1 atom stereocenters. The smallest absolute Gasteiger partial charge is 0.209 e. The van der Waals surface area contributed by atoms with Crippen LogP contribution >= 0.6 is 0 Å². The summed E-state index contributed by atoms with van der Waals surface area (Å²) in [5, 5.41) is 15.1. The third-order valence-electron chi connectivity index (χ3n) is 5.05. The van der Waals surface area contributed by atoms with E-state index in [9.17, 15) is 0 Å². The van der Waals surface area contributed by atoms with Crippen LogP contribution in [0, 0.1) is 11.5 Å². The van der Waals surface area contributed by atoms with Crippen molar-refractivity contribution in [3.05, 3.63) is 23.8 Å². The van der Waals surface area contributed by atoms with E-state index in [1.54, 1.807) is 27.5 Å². The van der Waals surface area contributed by atoms with Crippen molar-refractivity contribution in [2.45, 2.75) is 50.9 Å². The molecule has 8 nitrogen and oxygen atoms in total. The van der Waals surface area contributed by atoms with Crippen molar-refractivity contribution in [1.82, 2.24) is 10.6 Å². The lowest BCUT2D eigenvalue weighted by atomic mass is 10.0. The summed E-state index contributed by atoms with van der Waals surface area (Å²) in [7, 11) is 4.77. The fraction of sp³-hybridized carbons (Fsp3) is 0.619. The van der Waals surface area contributed by atoms with Crippen LogP contribution in [0.5, 0.6) is 11.5 Å². The Morgan fingerprint density at radius 2 is 1.83 bits per heavy atom. The van der Waals surface area contributed by atoms with Crippen LogP contribution in [-0.2, 0) is 9.47 Å². The van der Waals surface area contributed by atoms with Gasteiger partial charge in [0.1, 0.15) is 0 Å². The second-order valence-electron chi connectivity index (χ2n) is 7.06. The molecule has 2 rings (SSSR count). The molecule has 0 aromatic heterocycles. The van der Waals surface area contributed by atoms with Gasteiger partial charge in [0, 0.05) is 20.8 Å². The molecule has 1 aromatic rings. The van der Waals surface area contributed by atoms with Crippen molar-refractivity contribution in [2.24, 2.45) is 4.99 Å². The second-order valence-corrected chi connectivity index (χ2v) is 7.06. The monoisotopic (exact) mass is 404 g/mol. The van der Waals surface area contributed by atoms with Gasteiger partial charge in [0.25, 0.3) is 0 Å². The van der Waals surface area contributed by atoms with Crippen LogP contribution in [-0.4, -0.2) is 52.8 Å². The van der Waals surface area contributed by atoms with Crippen LogP contribution in [0.3, 0.4) is 0 Å². The van der Waals surface area contributed by atoms with E-state index in [2.05, 4.69) is 22.5 Å². The number of nitrogens with zero attached hydrogens (tertiary/aromatic N) is 2. The third-order valence-corrected chi connectivity index (χ3v) is 5.05. The predicted molar refractivity (Wildman–Crippen MR) is 111 cm³/mol. The first-order chi connectivity index (χ1) is 14.1. The molecule has 1 saturated carbocycles. The Labute approximate surface area is 173 Å². The Hall–Kier alpha value is -2.50. The zero-order chi connectivity index (χ0) is 21.1. The SMILES string of the molecule is COc1ccc(C(C)CN/C(=N\C#N)NCC(OC)OC)cc1OC1CCCC1. The van der Waals surface area contributed by atoms with E-state index >= 15 is 0 Å². The Bertz CT molecular complexity index is 694. The number of aliphatic imine (C=N–C) groups is 1. The fourth-order valence-corrected chi connectivity index (χ4v) is 3.28. The van der Waals surface area contributed by atoms with Crippen molar-refractivity contribution < 1.29 is 18.9 Å². The first-order valence-electron chi connectivity index (χ1n) is 9.96. The highest BCUT2D eigenvalue weighted by Gasteiger charge is 2.19. The van der Waals surface area contributed by atoms with E-state index in [0.29, 0.717) is 19.0 Å². The van der Waals surface area contributed by atoms with Gasteiger partial charge in [-0.3, -0.25) is 0 Å². The lowest BCUT2D eigenvalue weighted by Crippen LogP contribution is -2.43. The maximum atomic E-state index is 8.92. The molecule has 2 N–H and O–H groups in total. The predicted octanol–water partition coefficient (Wildman–Crippen LogP) is 2.76. The maximum absolute atomic E-state index is 8.92. The number of methoxy groups -OCH3 is 3. The van der Waals surface area contributed by atoms with Crippen LogP contribution in [0.1, 0.15) is 44.1 Å². The first kappa shape index (κ1) is 22.8. The molecule has 0 radical (unpaired) electrons. The molecule has 1 unspecified atom stereocenters. The van der Waals surface area contributed by atoms with E-state index in [4.69, 9.17) is 24.2 Å². The van der Waals surface area contributed by atoms with Gasteiger partial charge in [-0.05, 0) is 49.3 Å². The molecule has 0 amide bonds. The molecular formula is C21H32N4O4. The minimum Gasteiger partial charge on any atom is -0.493 e. The number of ether oxygens (including phenoxy) is 4. The summed E-state index contributed by atoms with van der Waals surface area (Å²) in [6, 6.07) is 6.03. The van der Waals surface area contributed by atoms with Crippen molar-refractivity contribution in [3.8, 4) is 17.7 Å². The number of hydrogen-bond donors (Lipinski definition) is 2. The standard InChI is InChI=1S/C21H32N4O4/c1-15(12-23-21(25-14-22)24-13-20(27-3)28-4)16-9-10-18(26-2)19(11-16)29-17-7-5-6-8-17/h9-11,15,17,20H,5-8,12-13H2,1-4H3,(H2,23,24,25). The highest BCUT2D eigenvalue weighted by Crippen LogP contribution is 2.34. The van der Waals surface area contributed by atoms with Gasteiger partial charge >= 0.3 is 0 Å². The van der Waals surface area contributed by atoms with Crippen LogP contribution in [0.2, 0.25) is 0 Å². The number of nitriles is 1. The summed E-state index contributed by atoms with van der Waals surface area (Å²) in [5.74, 6) is 2.09. The number of guanidine groups is 1. The topological polar surface area (TPSA) is 97.1 Å². The molecular weight excluding hydrogens is 372 g/mol. The van der Waals surface area contributed by atoms with Crippen molar-refractivity contribution in [2.75, 3.05) is 34.4 Å². The summed E-state index contributed by atoms with van der Waals surface area (Å²) in [6.45, 7) is 3.06. The molecule has 0 saturated heterocycles. The Morgan fingerprint density at radius 1 is 1.14 bits per heavy atom. The molecule has 1 aromatic carbocycles. The minimum absolute atomic E-state index is 0.165. The molecule has 1 fully saturated rings. The molecule has 160 valence electrons. The normalized spacial score (nSPS) is 15.8. The Kier molecular flexibility index (Phi) is 9.54. The van der Waals surface area contributed by atoms with E-state index in [1.807, 2.05) is 18.2 Å². The molecule has 0 bridgehead atoms. The van der Waals surface area contributed by atoms with Crippen molar-refractivity contribution >= 4 is 5.96 Å². The zero-order valence-corrected chi connectivity index (χ0v) is 17.7. The molecule has 0 spiro atoms. The van der Waals surface area contributed by atoms with Gasteiger partial charge in [-0.2, -0.15) is 5.26 Å². The average Bonchev–Trinajstić information content (AvgIpc) is 3.25. The number of nitrogens with one attached hydrogen (secondary N) is 2. The van der Waals surface area contributed by atoms with Gasteiger partial charge < -0.3 is 29.6 Å². The summed E-state index contributed by atoms with van der Waals surface area (Å²) in [6.07, 6.45) is 6.26. The van der Waals surface area contributed by atoms with Crippen LogP contribution < -0.4 is 20.1 Å². The molecule has 0 heterocycles.